The summed E-state index contributed by atoms with van der Waals surface area (Å²) < 4.78 is 0. The van der Waals surface area contributed by atoms with E-state index in [1.807, 2.05) is 11.4 Å². The highest BCUT2D eigenvalue weighted by Crippen LogP contribution is 2.30. The summed E-state index contributed by atoms with van der Waals surface area (Å²) in [5.41, 5.74) is 9.21. The van der Waals surface area contributed by atoms with Gasteiger partial charge in [-0.1, -0.05) is 24.3 Å². The van der Waals surface area contributed by atoms with E-state index in [-0.39, 0.29) is 18.0 Å². The van der Waals surface area contributed by atoms with E-state index >= 15 is 0 Å². The van der Waals surface area contributed by atoms with Crippen LogP contribution in [-0.2, 0) is 6.42 Å². The number of nitrogens with zero attached hydrogens (tertiary/aromatic N) is 1. The Bertz CT molecular complexity index is 701. The number of aromatic nitrogens is 1. The van der Waals surface area contributed by atoms with Gasteiger partial charge in [0, 0.05) is 5.38 Å². The average molecular weight is 362 g/mol. The van der Waals surface area contributed by atoms with E-state index in [1.165, 1.54) is 22.5 Å². The number of nitrogens with two attached hydrogens (primary N) is 1. The maximum Gasteiger partial charge on any atom is 0.271 e. The van der Waals surface area contributed by atoms with E-state index in [9.17, 15) is 4.79 Å². The van der Waals surface area contributed by atoms with Crippen LogP contribution in [0.4, 0.5) is 0 Å². The summed E-state index contributed by atoms with van der Waals surface area (Å²) in [6.07, 6.45) is 6.12. The van der Waals surface area contributed by atoms with Crippen molar-refractivity contribution < 1.29 is 4.79 Å². The van der Waals surface area contributed by atoms with E-state index in [1.54, 1.807) is 11.8 Å². The Morgan fingerprint density at radius 3 is 3.17 bits per heavy atom. The molecule has 2 atom stereocenters. The number of nitrogens with one attached hydrogen (secondary N) is 1. The Labute approximate surface area is 151 Å². The number of rotatable bonds is 6. The lowest BCUT2D eigenvalue weighted by Gasteiger charge is -2.26. The summed E-state index contributed by atoms with van der Waals surface area (Å²) in [6.45, 7) is 0. The molecule has 0 saturated carbocycles. The van der Waals surface area contributed by atoms with Gasteiger partial charge in [-0.2, -0.15) is 11.8 Å². The highest BCUT2D eigenvalue weighted by molar-refractivity contribution is 7.98. The van der Waals surface area contributed by atoms with Gasteiger partial charge in [-0.15, -0.1) is 11.3 Å². The number of fused-ring (bicyclic) bond motifs is 1. The fraction of sp³-hybridized carbons (Fsp3) is 0.444. The predicted octanol–water partition coefficient (Wildman–Crippen LogP) is 3.70. The number of benzene rings is 1. The van der Waals surface area contributed by atoms with E-state index < -0.39 is 0 Å². The number of thioether (sulfide) groups is 1. The summed E-state index contributed by atoms with van der Waals surface area (Å²) >= 11 is 3.25. The molecule has 1 aliphatic rings. The smallest absolute Gasteiger partial charge is 0.271 e. The number of aryl methyl sites for hydroxylation is 1. The normalized spacial score (nSPS) is 18.0. The van der Waals surface area contributed by atoms with Gasteiger partial charge in [0.25, 0.3) is 5.91 Å². The van der Waals surface area contributed by atoms with Crippen molar-refractivity contribution >= 4 is 29.0 Å². The van der Waals surface area contributed by atoms with Crippen molar-refractivity contribution in [1.82, 2.24) is 10.3 Å². The third-order valence-electron chi connectivity index (χ3n) is 4.38. The first-order chi connectivity index (χ1) is 11.7. The van der Waals surface area contributed by atoms with Crippen molar-refractivity contribution in [3.63, 3.8) is 0 Å². The minimum Gasteiger partial charge on any atom is -0.344 e. The molecule has 1 amide bonds. The van der Waals surface area contributed by atoms with Gasteiger partial charge in [-0.3, -0.25) is 4.79 Å². The maximum absolute atomic E-state index is 12.6. The third-order valence-corrected chi connectivity index (χ3v) is 6.00. The third kappa shape index (κ3) is 3.99. The van der Waals surface area contributed by atoms with E-state index in [0.29, 0.717) is 5.69 Å². The van der Waals surface area contributed by atoms with E-state index in [2.05, 4.69) is 34.8 Å². The second-order valence-corrected chi connectivity index (χ2v) is 7.95. The number of amides is 1. The fourth-order valence-electron chi connectivity index (χ4n) is 3.07. The minimum absolute atomic E-state index is 0.0813. The van der Waals surface area contributed by atoms with Gasteiger partial charge < -0.3 is 11.1 Å². The lowest BCUT2D eigenvalue weighted by Crippen LogP contribution is -2.31. The van der Waals surface area contributed by atoms with Crippen LogP contribution in [0, 0.1) is 0 Å². The van der Waals surface area contributed by atoms with Gasteiger partial charge in [-0.05, 0) is 48.8 Å². The van der Waals surface area contributed by atoms with Crippen LogP contribution in [0.15, 0.2) is 29.6 Å². The van der Waals surface area contributed by atoms with Crippen LogP contribution >= 0.6 is 23.1 Å². The Morgan fingerprint density at radius 1 is 1.50 bits per heavy atom. The Kier molecular flexibility index (Phi) is 5.92. The van der Waals surface area contributed by atoms with Crippen molar-refractivity contribution in [2.24, 2.45) is 5.73 Å². The Balaban J connectivity index is 1.67. The van der Waals surface area contributed by atoms with Crippen molar-refractivity contribution in [2.75, 3.05) is 12.0 Å². The molecule has 0 saturated heterocycles. The van der Waals surface area contributed by atoms with Crippen LogP contribution in [0.1, 0.15) is 58.0 Å². The molecule has 1 aromatic carbocycles. The van der Waals surface area contributed by atoms with Crippen LogP contribution in [0.3, 0.4) is 0 Å². The zero-order valence-electron chi connectivity index (χ0n) is 13.8. The van der Waals surface area contributed by atoms with Crippen molar-refractivity contribution in [3.8, 4) is 0 Å². The molecule has 1 heterocycles. The molecule has 2 aromatic rings. The van der Waals surface area contributed by atoms with Gasteiger partial charge in [0.2, 0.25) is 0 Å². The number of hydrogen-bond donors (Lipinski definition) is 2. The van der Waals surface area contributed by atoms with Crippen molar-refractivity contribution in [3.05, 3.63) is 51.5 Å². The van der Waals surface area contributed by atoms with Crippen LogP contribution in [0.25, 0.3) is 0 Å². The van der Waals surface area contributed by atoms with Crippen molar-refractivity contribution in [1.29, 1.82) is 0 Å². The number of hydrogen-bond acceptors (Lipinski definition) is 5. The number of thiazole rings is 1. The Hall–Kier alpha value is -1.37. The molecule has 128 valence electrons. The average Bonchev–Trinajstić information content (AvgIpc) is 3.10. The van der Waals surface area contributed by atoms with Gasteiger partial charge in [0.05, 0.1) is 12.1 Å². The molecule has 3 rings (SSSR count). The summed E-state index contributed by atoms with van der Waals surface area (Å²) in [7, 11) is 0. The fourth-order valence-corrected chi connectivity index (χ4v) is 4.39. The standard InChI is InChI=1S/C18H23N3OS2/c1-23-10-9-14(19)18-21-16(11-24-18)17(22)20-15-8-4-6-12-5-2-3-7-13(12)15/h2-3,5,7,11,14-15H,4,6,8-10,19H2,1H3,(H,20,22). The maximum atomic E-state index is 12.6. The molecular formula is C18H23N3OS2. The quantitative estimate of drug-likeness (QED) is 0.823. The molecule has 0 aliphatic heterocycles. The number of carbonyl (C=O) groups excluding carboxylic acids is 1. The second kappa shape index (κ2) is 8.14. The van der Waals surface area contributed by atoms with Crippen molar-refractivity contribution in [2.45, 2.75) is 37.8 Å². The highest BCUT2D eigenvalue weighted by atomic mass is 32.2. The molecule has 3 N–H and O–H groups in total. The number of carbonyl (C=O) groups is 1. The molecule has 0 spiro atoms. The first-order valence-corrected chi connectivity index (χ1v) is 10.5. The van der Waals surface area contributed by atoms with Gasteiger partial charge in [0.1, 0.15) is 10.7 Å². The predicted molar refractivity (Wildman–Crippen MR) is 102 cm³/mol. The van der Waals surface area contributed by atoms with Crippen LogP contribution in [0.2, 0.25) is 0 Å². The SMILES string of the molecule is CSCCC(N)c1nc(C(=O)NC2CCCc3ccccc32)cs1. The van der Waals surface area contributed by atoms with Crippen LogP contribution < -0.4 is 11.1 Å². The molecule has 4 nitrogen and oxygen atoms in total. The lowest BCUT2D eigenvalue weighted by molar-refractivity contribution is 0.0928. The van der Waals surface area contributed by atoms with Gasteiger partial charge >= 0.3 is 0 Å². The Morgan fingerprint density at radius 2 is 2.33 bits per heavy atom. The molecule has 2 unspecified atom stereocenters. The topological polar surface area (TPSA) is 68.0 Å². The van der Waals surface area contributed by atoms with Gasteiger partial charge in [-0.25, -0.2) is 4.98 Å². The molecule has 6 heteroatoms. The van der Waals surface area contributed by atoms with Gasteiger partial charge in [0.15, 0.2) is 0 Å². The minimum atomic E-state index is -0.101. The largest absolute Gasteiger partial charge is 0.344 e. The molecular weight excluding hydrogens is 338 g/mol. The second-order valence-electron chi connectivity index (χ2n) is 6.08. The first kappa shape index (κ1) is 17.5. The lowest BCUT2D eigenvalue weighted by atomic mass is 9.88. The molecule has 1 aromatic heterocycles. The summed E-state index contributed by atoms with van der Waals surface area (Å²) in [4.78, 5) is 17.0. The van der Waals surface area contributed by atoms with Crippen LogP contribution in [0.5, 0.6) is 0 Å². The van der Waals surface area contributed by atoms with E-state index in [0.717, 1.165) is 36.4 Å². The molecule has 0 radical (unpaired) electrons. The monoisotopic (exact) mass is 361 g/mol. The zero-order chi connectivity index (χ0) is 16.9. The van der Waals surface area contributed by atoms with Crippen LogP contribution in [-0.4, -0.2) is 22.9 Å². The highest BCUT2D eigenvalue weighted by Gasteiger charge is 2.23. The summed E-state index contributed by atoms with van der Waals surface area (Å²) in [6, 6.07) is 8.36. The zero-order valence-corrected chi connectivity index (χ0v) is 15.5. The molecule has 0 fully saturated rings. The molecule has 0 bridgehead atoms. The molecule has 24 heavy (non-hydrogen) atoms. The summed E-state index contributed by atoms with van der Waals surface area (Å²) in [5.74, 6) is 0.900. The summed E-state index contributed by atoms with van der Waals surface area (Å²) in [5, 5.41) is 5.81. The van der Waals surface area contributed by atoms with E-state index in [4.69, 9.17) is 5.73 Å². The molecule has 1 aliphatic carbocycles. The first-order valence-electron chi connectivity index (χ1n) is 8.27.